The number of nitrogens with zero attached hydrogens (tertiary/aromatic N) is 1. The fourth-order valence-corrected chi connectivity index (χ4v) is 3.51. The van der Waals surface area contributed by atoms with E-state index in [4.69, 9.17) is 11.6 Å². The van der Waals surface area contributed by atoms with E-state index in [2.05, 4.69) is 20.9 Å². The molecule has 1 heterocycles. The molecule has 3 rings (SSSR count). The van der Waals surface area contributed by atoms with E-state index in [1.807, 2.05) is 30.3 Å². The Balaban J connectivity index is 2.26. The van der Waals surface area contributed by atoms with Crippen molar-refractivity contribution in [2.75, 3.05) is 0 Å². The molecule has 18 heavy (non-hydrogen) atoms. The van der Waals surface area contributed by atoms with Crippen LogP contribution in [0.15, 0.2) is 40.9 Å². The third-order valence-corrected chi connectivity index (χ3v) is 4.37. The quantitative estimate of drug-likeness (QED) is 0.669. The predicted octanol–water partition coefficient (Wildman–Crippen LogP) is 5.08. The van der Waals surface area contributed by atoms with Gasteiger partial charge in [0.15, 0.2) is 0 Å². The summed E-state index contributed by atoms with van der Waals surface area (Å²) < 4.78 is 1.91. The highest BCUT2D eigenvalue weighted by molar-refractivity contribution is 9.10. The van der Waals surface area contributed by atoms with Crippen LogP contribution in [0.1, 0.15) is 0 Å². The molecular weight excluding hydrogens is 334 g/mol. The van der Waals surface area contributed by atoms with Gasteiger partial charge in [0.25, 0.3) is 0 Å². The van der Waals surface area contributed by atoms with Gasteiger partial charge in [0.1, 0.15) is 10.8 Å². The number of aromatic hydroxyl groups is 1. The summed E-state index contributed by atoms with van der Waals surface area (Å²) in [5, 5.41) is 11.1. The molecule has 0 spiro atoms. The van der Waals surface area contributed by atoms with E-state index in [0.29, 0.717) is 10.6 Å². The van der Waals surface area contributed by atoms with Gasteiger partial charge in [0.2, 0.25) is 0 Å². The number of halogens is 2. The van der Waals surface area contributed by atoms with Crippen molar-refractivity contribution < 1.29 is 5.11 Å². The van der Waals surface area contributed by atoms with Crippen molar-refractivity contribution in [2.24, 2.45) is 0 Å². The number of hydrogen-bond donors (Lipinski definition) is 1. The summed E-state index contributed by atoms with van der Waals surface area (Å²) >= 11 is 10.9. The molecule has 0 aliphatic rings. The molecule has 0 amide bonds. The van der Waals surface area contributed by atoms with Crippen LogP contribution in [0.4, 0.5) is 0 Å². The highest BCUT2D eigenvalue weighted by atomic mass is 79.9. The van der Waals surface area contributed by atoms with Gasteiger partial charge in [0.05, 0.1) is 20.8 Å². The van der Waals surface area contributed by atoms with Gasteiger partial charge in [-0.15, -0.1) is 11.3 Å². The van der Waals surface area contributed by atoms with Crippen LogP contribution in [-0.2, 0) is 0 Å². The lowest BCUT2D eigenvalue weighted by molar-refractivity contribution is 0.477. The zero-order valence-electron chi connectivity index (χ0n) is 9.02. The van der Waals surface area contributed by atoms with Gasteiger partial charge in [-0.25, -0.2) is 4.98 Å². The van der Waals surface area contributed by atoms with Gasteiger partial charge in [-0.05, 0) is 24.3 Å². The summed E-state index contributed by atoms with van der Waals surface area (Å²) in [5.41, 5.74) is 1.57. The van der Waals surface area contributed by atoms with Crippen molar-refractivity contribution in [3.63, 3.8) is 0 Å². The first kappa shape index (κ1) is 12.0. The molecule has 0 fully saturated rings. The standard InChI is InChI=1S/C13H7BrClNOS/c14-7-5-8(12(17)9(15)6-7)13-16-10-3-1-2-4-11(10)18-13/h1-6,17H. The van der Waals surface area contributed by atoms with E-state index >= 15 is 0 Å². The summed E-state index contributed by atoms with van der Waals surface area (Å²) in [6.07, 6.45) is 0. The SMILES string of the molecule is Oc1c(Cl)cc(Br)cc1-c1nc2ccccc2s1. The topological polar surface area (TPSA) is 33.1 Å². The third kappa shape index (κ3) is 2.00. The number of fused-ring (bicyclic) bond motifs is 1. The number of para-hydroxylation sites is 1. The van der Waals surface area contributed by atoms with Crippen LogP contribution >= 0.6 is 38.9 Å². The van der Waals surface area contributed by atoms with Crippen LogP contribution in [0.2, 0.25) is 5.02 Å². The maximum atomic E-state index is 10.0. The van der Waals surface area contributed by atoms with E-state index in [1.54, 1.807) is 6.07 Å². The second kappa shape index (κ2) is 4.53. The number of phenolic OH excluding ortho intramolecular Hbond substituents is 1. The highest BCUT2D eigenvalue weighted by Gasteiger charge is 2.13. The van der Waals surface area contributed by atoms with E-state index < -0.39 is 0 Å². The van der Waals surface area contributed by atoms with Crippen molar-refractivity contribution in [3.8, 4) is 16.3 Å². The number of benzene rings is 2. The van der Waals surface area contributed by atoms with Crippen LogP contribution in [0.5, 0.6) is 5.75 Å². The average Bonchev–Trinajstić information content (AvgIpc) is 2.77. The van der Waals surface area contributed by atoms with E-state index in [-0.39, 0.29) is 5.75 Å². The summed E-state index contributed by atoms with van der Waals surface area (Å²) in [4.78, 5) is 4.51. The lowest BCUT2D eigenvalue weighted by atomic mass is 10.2. The molecule has 0 saturated heterocycles. The minimum Gasteiger partial charge on any atom is -0.506 e. The summed E-state index contributed by atoms with van der Waals surface area (Å²) in [7, 11) is 0. The van der Waals surface area contributed by atoms with Gasteiger partial charge in [0, 0.05) is 4.47 Å². The molecule has 0 unspecified atom stereocenters. The van der Waals surface area contributed by atoms with E-state index in [1.165, 1.54) is 11.3 Å². The predicted molar refractivity (Wildman–Crippen MR) is 79.4 cm³/mol. The van der Waals surface area contributed by atoms with Gasteiger partial charge in [-0.3, -0.25) is 0 Å². The van der Waals surface area contributed by atoms with E-state index in [0.717, 1.165) is 19.7 Å². The number of hydrogen-bond acceptors (Lipinski definition) is 3. The summed E-state index contributed by atoms with van der Waals surface area (Å²) in [6, 6.07) is 11.4. The second-order valence-electron chi connectivity index (χ2n) is 3.77. The molecule has 0 aliphatic heterocycles. The molecule has 90 valence electrons. The van der Waals surface area contributed by atoms with Crippen LogP contribution in [0.25, 0.3) is 20.8 Å². The summed E-state index contributed by atoms with van der Waals surface area (Å²) in [6.45, 7) is 0. The monoisotopic (exact) mass is 339 g/mol. The second-order valence-corrected chi connectivity index (χ2v) is 6.12. The summed E-state index contributed by atoms with van der Waals surface area (Å²) in [5.74, 6) is 0.0684. The zero-order chi connectivity index (χ0) is 12.7. The zero-order valence-corrected chi connectivity index (χ0v) is 12.2. The van der Waals surface area contributed by atoms with E-state index in [9.17, 15) is 5.11 Å². The molecular formula is C13H7BrClNOS. The lowest BCUT2D eigenvalue weighted by Crippen LogP contribution is -1.80. The number of rotatable bonds is 1. The minimum absolute atomic E-state index is 0.0684. The van der Waals surface area contributed by atoms with Crippen LogP contribution in [0, 0.1) is 0 Å². The molecule has 0 atom stereocenters. The van der Waals surface area contributed by atoms with Crippen molar-refractivity contribution in [3.05, 3.63) is 45.9 Å². The molecule has 2 nitrogen and oxygen atoms in total. The molecule has 0 bridgehead atoms. The number of phenols is 1. The minimum atomic E-state index is 0.0684. The normalized spacial score (nSPS) is 11.0. The number of aromatic nitrogens is 1. The Labute approximate surface area is 121 Å². The third-order valence-electron chi connectivity index (χ3n) is 2.55. The first-order chi connectivity index (χ1) is 8.65. The molecule has 0 aliphatic carbocycles. The van der Waals surface area contributed by atoms with Gasteiger partial charge in [-0.1, -0.05) is 39.7 Å². The van der Waals surface area contributed by atoms with Crippen LogP contribution < -0.4 is 0 Å². The highest BCUT2D eigenvalue weighted by Crippen LogP contribution is 2.40. The molecule has 1 N–H and O–H groups in total. The largest absolute Gasteiger partial charge is 0.506 e. The van der Waals surface area contributed by atoms with Gasteiger partial charge >= 0.3 is 0 Å². The fourth-order valence-electron chi connectivity index (χ4n) is 1.72. The van der Waals surface area contributed by atoms with Crippen molar-refractivity contribution in [1.29, 1.82) is 0 Å². The van der Waals surface area contributed by atoms with Crippen molar-refractivity contribution in [1.82, 2.24) is 4.98 Å². The van der Waals surface area contributed by atoms with Gasteiger partial charge in [-0.2, -0.15) is 0 Å². The molecule has 3 aromatic rings. The Kier molecular flexibility index (Phi) is 3.01. The van der Waals surface area contributed by atoms with Crippen molar-refractivity contribution in [2.45, 2.75) is 0 Å². The molecule has 1 aromatic heterocycles. The van der Waals surface area contributed by atoms with Crippen LogP contribution in [-0.4, -0.2) is 10.1 Å². The first-order valence-electron chi connectivity index (χ1n) is 5.19. The molecule has 0 saturated carbocycles. The maximum absolute atomic E-state index is 10.0. The smallest absolute Gasteiger partial charge is 0.144 e. The Morgan fingerprint density at radius 1 is 1.22 bits per heavy atom. The van der Waals surface area contributed by atoms with Crippen molar-refractivity contribution >= 4 is 49.1 Å². The Morgan fingerprint density at radius 2 is 2.00 bits per heavy atom. The number of thiazole rings is 1. The average molecular weight is 341 g/mol. The fraction of sp³-hybridized carbons (Fsp3) is 0. The molecule has 0 radical (unpaired) electrons. The molecule has 2 aromatic carbocycles. The Morgan fingerprint density at radius 3 is 2.78 bits per heavy atom. The Bertz CT molecular complexity index is 708. The van der Waals surface area contributed by atoms with Crippen LogP contribution in [0.3, 0.4) is 0 Å². The molecule has 5 heteroatoms. The lowest BCUT2D eigenvalue weighted by Gasteiger charge is -2.03. The maximum Gasteiger partial charge on any atom is 0.144 e. The Hall–Kier alpha value is -1.10. The first-order valence-corrected chi connectivity index (χ1v) is 7.18. The van der Waals surface area contributed by atoms with Gasteiger partial charge < -0.3 is 5.11 Å².